The summed E-state index contributed by atoms with van der Waals surface area (Å²) in [6.45, 7) is 4.71. The molecule has 0 aromatic heterocycles. The molecular formula is C7H15ClN2O2. The number of ether oxygens (including phenoxy) is 1. The molecule has 12 heavy (non-hydrogen) atoms. The van der Waals surface area contributed by atoms with Crippen molar-refractivity contribution in [3.8, 4) is 0 Å². The van der Waals surface area contributed by atoms with Crippen molar-refractivity contribution >= 4 is 18.4 Å². The van der Waals surface area contributed by atoms with E-state index in [9.17, 15) is 4.79 Å². The topological polar surface area (TPSA) is 50.4 Å². The zero-order chi connectivity index (χ0) is 8.10. The molecule has 1 saturated heterocycles. The Hall–Kier alpha value is -0.320. The number of hydrogen-bond acceptors (Lipinski definition) is 4. The minimum Gasteiger partial charge on any atom is -0.465 e. The molecule has 1 fully saturated rings. The Kier molecular flexibility index (Phi) is 6.06. The number of carbonyl (C=O) groups excluding carboxylic acids is 1. The van der Waals surface area contributed by atoms with Crippen LogP contribution in [0.15, 0.2) is 0 Å². The summed E-state index contributed by atoms with van der Waals surface area (Å²) < 4.78 is 4.84. The van der Waals surface area contributed by atoms with Gasteiger partial charge in [-0.2, -0.15) is 0 Å². The van der Waals surface area contributed by atoms with Crippen LogP contribution in [-0.2, 0) is 9.53 Å². The molecular weight excluding hydrogens is 180 g/mol. The van der Waals surface area contributed by atoms with Crippen molar-refractivity contribution in [3.63, 3.8) is 0 Å². The molecule has 0 radical (unpaired) electrons. The second-order valence-corrected chi connectivity index (χ2v) is 2.46. The van der Waals surface area contributed by atoms with Crippen LogP contribution < -0.4 is 10.6 Å². The van der Waals surface area contributed by atoms with Crippen molar-refractivity contribution < 1.29 is 9.53 Å². The summed E-state index contributed by atoms with van der Waals surface area (Å²) in [5.74, 6) is -0.153. The smallest absolute Gasteiger partial charge is 0.324 e. The zero-order valence-corrected chi connectivity index (χ0v) is 7.95. The average molecular weight is 195 g/mol. The molecule has 1 aliphatic rings. The van der Waals surface area contributed by atoms with Gasteiger partial charge in [0.25, 0.3) is 0 Å². The van der Waals surface area contributed by atoms with Crippen LogP contribution in [0, 0.1) is 0 Å². The Labute approximate surface area is 78.5 Å². The van der Waals surface area contributed by atoms with E-state index >= 15 is 0 Å². The maximum absolute atomic E-state index is 11.1. The maximum Gasteiger partial charge on any atom is 0.324 e. The fourth-order valence-corrected chi connectivity index (χ4v) is 1.06. The SMILES string of the molecule is CCOC(=O)C1CNCCN1.Cl. The summed E-state index contributed by atoms with van der Waals surface area (Å²) in [5, 5.41) is 6.18. The second-order valence-electron chi connectivity index (χ2n) is 2.46. The molecule has 1 heterocycles. The number of rotatable bonds is 2. The minimum atomic E-state index is -0.153. The third kappa shape index (κ3) is 3.38. The van der Waals surface area contributed by atoms with Crippen molar-refractivity contribution in [2.45, 2.75) is 13.0 Å². The molecule has 2 N–H and O–H groups in total. The van der Waals surface area contributed by atoms with Gasteiger partial charge in [-0.25, -0.2) is 0 Å². The Balaban J connectivity index is 0.00000121. The molecule has 0 aromatic rings. The van der Waals surface area contributed by atoms with Crippen LogP contribution in [0.1, 0.15) is 6.92 Å². The molecule has 1 aliphatic heterocycles. The number of halogens is 1. The number of carbonyl (C=O) groups is 1. The van der Waals surface area contributed by atoms with E-state index in [1.807, 2.05) is 6.92 Å². The van der Waals surface area contributed by atoms with E-state index in [1.165, 1.54) is 0 Å². The van der Waals surface area contributed by atoms with E-state index in [0.717, 1.165) is 13.1 Å². The van der Waals surface area contributed by atoms with Gasteiger partial charge >= 0.3 is 5.97 Å². The second kappa shape index (κ2) is 6.22. The number of esters is 1. The van der Waals surface area contributed by atoms with Crippen LogP contribution in [0.2, 0.25) is 0 Å². The maximum atomic E-state index is 11.1. The lowest BCUT2D eigenvalue weighted by Crippen LogP contribution is -2.52. The number of hydrogen-bond donors (Lipinski definition) is 2. The number of piperazine rings is 1. The third-order valence-corrected chi connectivity index (χ3v) is 1.61. The largest absolute Gasteiger partial charge is 0.465 e. The monoisotopic (exact) mass is 194 g/mol. The third-order valence-electron chi connectivity index (χ3n) is 1.61. The van der Waals surface area contributed by atoms with Crippen LogP contribution in [-0.4, -0.2) is 38.3 Å². The first-order valence-electron chi connectivity index (χ1n) is 3.95. The highest BCUT2D eigenvalue weighted by atomic mass is 35.5. The summed E-state index contributed by atoms with van der Waals surface area (Å²) in [5.41, 5.74) is 0. The Bertz CT molecular complexity index is 137. The first-order chi connectivity index (χ1) is 5.34. The molecule has 0 aliphatic carbocycles. The minimum absolute atomic E-state index is 0. The average Bonchev–Trinajstić information content (AvgIpc) is 2.07. The van der Waals surface area contributed by atoms with Crippen LogP contribution in [0.5, 0.6) is 0 Å². The molecule has 5 heteroatoms. The van der Waals surface area contributed by atoms with Gasteiger partial charge in [-0.15, -0.1) is 12.4 Å². The van der Waals surface area contributed by atoms with Crippen molar-refractivity contribution in [2.24, 2.45) is 0 Å². The van der Waals surface area contributed by atoms with Gasteiger partial charge in [0.2, 0.25) is 0 Å². The molecule has 1 rings (SSSR count). The summed E-state index contributed by atoms with van der Waals surface area (Å²) >= 11 is 0. The normalized spacial score (nSPS) is 22.6. The molecule has 1 unspecified atom stereocenters. The molecule has 0 spiro atoms. The summed E-state index contributed by atoms with van der Waals surface area (Å²) in [7, 11) is 0. The quantitative estimate of drug-likeness (QED) is 0.584. The van der Waals surface area contributed by atoms with Gasteiger partial charge in [0, 0.05) is 19.6 Å². The fraction of sp³-hybridized carbons (Fsp3) is 0.857. The van der Waals surface area contributed by atoms with Crippen molar-refractivity contribution in [2.75, 3.05) is 26.2 Å². The van der Waals surface area contributed by atoms with Gasteiger partial charge in [-0.05, 0) is 6.92 Å². The number of nitrogens with one attached hydrogen (secondary N) is 2. The Morgan fingerprint density at radius 3 is 2.83 bits per heavy atom. The van der Waals surface area contributed by atoms with E-state index < -0.39 is 0 Å². The summed E-state index contributed by atoms with van der Waals surface area (Å²) in [6.07, 6.45) is 0. The van der Waals surface area contributed by atoms with Gasteiger partial charge in [0.1, 0.15) is 6.04 Å². The lowest BCUT2D eigenvalue weighted by atomic mass is 10.2. The highest BCUT2D eigenvalue weighted by Gasteiger charge is 2.20. The Morgan fingerprint density at radius 2 is 2.33 bits per heavy atom. The molecule has 0 saturated carbocycles. The lowest BCUT2D eigenvalue weighted by molar-refractivity contribution is -0.145. The van der Waals surface area contributed by atoms with E-state index in [1.54, 1.807) is 0 Å². The highest BCUT2D eigenvalue weighted by molar-refractivity contribution is 5.85. The molecule has 1 atom stereocenters. The van der Waals surface area contributed by atoms with Crippen LogP contribution >= 0.6 is 12.4 Å². The predicted molar refractivity (Wildman–Crippen MR) is 48.5 cm³/mol. The predicted octanol–water partition coefficient (Wildman–Crippen LogP) is -0.467. The van der Waals surface area contributed by atoms with Gasteiger partial charge in [-0.3, -0.25) is 4.79 Å². The molecule has 0 amide bonds. The van der Waals surface area contributed by atoms with Gasteiger partial charge in [0.05, 0.1) is 6.61 Å². The van der Waals surface area contributed by atoms with E-state index in [4.69, 9.17) is 4.74 Å². The Morgan fingerprint density at radius 1 is 1.58 bits per heavy atom. The van der Waals surface area contributed by atoms with Gasteiger partial charge in [-0.1, -0.05) is 0 Å². The van der Waals surface area contributed by atoms with Crippen molar-refractivity contribution in [1.29, 1.82) is 0 Å². The van der Waals surface area contributed by atoms with Crippen LogP contribution in [0.4, 0.5) is 0 Å². The first kappa shape index (κ1) is 11.7. The van der Waals surface area contributed by atoms with Gasteiger partial charge in [0.15, 0.2) is 0 Å². The van der Waals surface area contributed by atoms with Crippen LogP contribution in [0.25, 0.3) is 0 Å². The zero-order valence-electron chi connectivity index (χ0n) is 7.13. The summed E-state index contributed by atoms with van der Waals surface area (Å²) in [4.78, 5) is 11.1. The lowest BCUT2D eigenvalue weighted by Gasteiger charge is -2.22. The van der Waals surface area contributed by atoms with Crippen molar-refractivity contribution in [1.82, 2.24) is 10.6 Å². The standard InChI is InChI=1S/C7H14N2O2.ClH/c1-2-11-7(10)6-5-8-3-4-9-6;/h6,8-9H,2-5H2,1H3;1H. The highest BCUT2D eigenvalue weighted by Crippen LogP contribution is 1.90. The first-order valence-corrected chi connectivity index (χ1v) is 3.95. The van der Waals surface area contributed by atoms with E-state index in [2.05, 4.69) is 10.6 Å². The van der Waals surface area contributed by atoms with E-state index in [-0.39, 0.29) is 24.4 Å². The van der Waals surface area contributed by atoms with Crippen LogP contribution in [0.3, 0.4) is 0 Å². The molecule has 4 nitrogen and oxygen atoms in total. The van der Waals surface area contributed by atoms with E-state index in [0.29, 0.717) is 13.2 Å². The van der Waals surface area contributed by atoms with Gasteiger partial charge < -0.3 is 15.4 Å². The molecule has 0 aromatic carbocycles. The fourth-order valence-electron chi connectivity index (χ4n) is 1.06. The van der Waals surface area contributed by atoms with Crippen molar-refractivity contribution in [3.05, 3.63) is 0 Å². The summed E-state index contributed by atoms with van der Waals surface area (Å²) in [6, 6.07) is -0.149. The molecule has 0 bridgehead atoms. The molecule has 72 valence electrons.